The largest absolute Gasteiger partial charge is 0.496 e. The van der Waals surface area contributed by atoms with Crippen molar-refractivity contribution in [2.45, 2.75) is 57.5 Å². The molecule has 206 valence electrons. The first-order chi connectivity index (χ1) is 18.7. The van der Waals surface area contributed by atoms with Crippen molar-refractivity contribution in [3.8, 4) is 16.9 Å². The Labute approximate surface area is 225 Å². The molecule has 1 amide bonds. The molecule has 0 saturated heterocycles. The molecule has 1 aliphatic rings. The maximum absolute atomic E-state index is 13.4. The van der Waals surface area contributed by atoms with Crippen molar-refractivity contribution < 1.29 is 37.3 Å². The molecular weight excluding hydrogens is 511 g/mol. The average molecular weight is 542 g/mol. The number of nitrogens with zero attached hydrogens (tertiary/aromatic N) is 1. The molecule has 1 N–H and O–H groups in total. The van der Waals surface area contributed by atoms with Crippen LogP contribution in [0.15, 0.2) is 66.7 Å². The number of amides is 1. The highest BCUT2D eigenvalue weighted by Crippen LogP contribution is 2.39. The molecule has 3 aromatic rings. The molecule has 1 fully saturated rings. The molecule has 0 bridgehead atoms. The summed E-state index contributed by atoms with van der Waals surface area (Å²) < 4.78 is 50.9. The molecule has 0 unspecified atom stereocenters. The van der Waals surface area contributed by atoms with Gasteiger partial charge in [0.2, 0.25) is 0 Å². The van der Waals surface area contributed by atoms with Crippen LogP contribution in [-0.2, 0) is 35.3 Å². The Hall–Kier alpha value is -4.01. The van der Waals surface area contributed by atoms with E-state index in [1.54, 1.807) is 17.0 Å². The first-order valence-corrected chi connectivity index (χ1v) is 12.7. The number of rotatable bonds is 9. The van der Waals surface area contributed by atoms with Crippen molar-refractivity contribution in [2.24, 2.45) is 0 Å². The van der Waals surface area contributed by atoms with Crippen molar-refractivity contribution in [1.82, 2.24) is 4.90 Å². The van der Waals surface area contributed by atoms with Crippen molar-refractivity contribution in [3.05, 3.63) is 89.0 Å². The fraction of sp³-hybridized carbons (Fsp3) is 0.333. The zero-order chi connectivity index (χ0) is 28.0. The molecule has 0 radical (unpaired) electrons. The van der Waals surface area contributed by atoms with Gasteiger partial charge >= 0.3 is 18.2 Å². The number of benzene rings is 3. The molecule has 39 heavy (non-hydrogen) atoms. The van der Waals surface area contributed by atoms with Crippen molar-refractivity contribution in [2.75, 3.05) is 7.11 Å². The topological polar surface area (TPSA) is 76.1 Å². The number of halogens is 3. The molecular formula is C30H30F3NO5. The van der Waals surface area contributed by atoms with Gasteiger partial charge in [-0.2, -0.15) is 13.2 Å². The molecule has 0 aromatic heterocycles. The van der Waals surface area contributed by atoms with Crippen LogP contribution in [0.2, 0.25) is 0 Å². The van der Waals surface area contributed by atoms with Gasteiger partial charge in [0.1, 0.15) is 12.4 Å². The zero-order valence-electron chi connectivity index (χ0n) is 21.5. The molecule has 0 spiro atoms. The lowest BCUT2D eigenvalue weighted by molar-refractivity contribution is -0.138. The van der Waals surface area contributed by atoms with E-state index in [-0.39, 0.29) is 25.6 Å². The van der Waals surface area contributed by atoms with Crippen molar-refractivity contribution >= 4 is 12.1 Å². The monoisotopic (exact) mass is 541 g/mol. The number of carboxylic acids is 1. The van der Waals surface area contributed by atoms with Gasteiger partial charge in [0.05, 0.1) is 25.6 Å². The Balaban J connectivity index is 1.76. The van der Waals surface area contributed by atoms with E-state index in [0.29, 0.717) is 28.0 Å². The lowest BCUT2D eigenvalue weighted by atomic mass is 9.91. The molecule has 0 heterocycles. The van der Waals surface area contributed by atoms with Crippen molar-refractivity contribution in [3.63, 3.8) is 0 Å². The summed E-state index contributed by atoms with van der Waals surface area (Å²) in [5.74, 6) is -0.707. The van der Waals surface area contributed by atoms with Gasteiger partial charge < -0.3 is 19.5 Å². The fourth-order valence-corrected chi connectivity index (χ4v) is 5.02. The Morgan fingerprint density at radius 2 is 1.64 bits per heavy atom. The predicted octanol–water partition coefficient (Wildman–Crippen LogP) is 7.09. The van der Waals surface area contributed by atoms with E-state index < -0.39 is 23.8 Å². The normalized spacial score (nSPS) is 13.7. The highest BCUT2D eigenvalue weighted by atomic mass is 19.4. The Morgan fingerprint density at radius 1 is 0.974 bits per heavy atom. The van der Waals surface area contributed by atoms with Crippen LogP contribution in [0.3, 0.4) is 0 Å². The van der Waals surface area contributed by atoms with Crippen LogP contribution in [0.25, 0.3) is 11.1 Å². The van der Waals surface area contributed by atoms with Crippen LogP contribution >= 0.6 is 0 Å². The Morgan fingerprint density at radius 3 is 2.23 bits per heavy atom. The predicted molar refractivity (Wildman–Crippen MR) is 139 cm³/mol. The maximum atomic E-state index is 13.4. The summed E-state index contributed by atoms with van der Waals surface area (Å²) in [7, 11) is 1.44. The minimum absolute atomic E-state index is 0.0223. The molecule has 4 rings (SSSR count). The first kappa shape index (κ1) is 28.0. The van der Waals surface area contributed by atoms with Crippen molar-refractivity contribution in [1.29, 1.82) is 0 Å². The summed E-state index contributed by atoms with van der Waals surface area (Å²) in [6.45, 7) is 0.100. The number of carbonyl (C=O) groups is 2. The summed E-state index contributed by atoms with van der Waals surface area (Å²) in [6.07, 6.45) is -1.93. The Kier molecular flexibility index (Phi) is 8.79. The van der Waals surface area contributed by atoms with Gasteiger partial charge in [0, 0.05) is 11.6 Å². The lowest BCUT2D eigenvalue weighted by Gasteiger charge is -2.30. The first-order valence-electron chi connectivity index (χ1n) is 12.7. The minimum atomic E-state index is -4.50. The van der Waals surface area contributed by atoms with E-state index >= 15 is 0 Å². The standard InChI is InChI=1S/C30H30F3NO5/c1-38-26-16-13-22(17-27(35)36)25(28(26)21-11-14-23(15-12-21)30(31,32)33)18-34(24-9-5-6-10-24)29(37)39-19-20-7-3-2-4-8-20/h2-4,7-8,11-16,24H,5-6,9-10,17-19H2,1H3,(H,35,36). The number of carbonyl (C=O) groups excluding carboxylic acids is 1. The van der Waals surface area contributed by atoms with E-state index in [4.69, 9.17) is 9.47 Å². The quantitative estimate of drug-likeness (QED) is 0.313. The van der Waals surface area contributed by atoms with E-state index in [2.05, 4.69) is 0 Å². The number of ether oxygens (including phenoxy) is 2. The number of hydrogen-bond acceptors (Lipinski definition) is 4. The molecule has 1 aliphatic carbocycles. The minimum Gasteiger partial charge on any atom is -0.496 e. The number of alkyl halides is 3. The van der Waals surface area contributed by atoms with Crippen LogP contribution in [0.5, 0.6) is 5.75 Å². The summed E-state index contributed by atoms with van der Waals surface area (Å²) in [5.41, 5.74) is 1.84. The third kappa shape index (κ3) is 6.90. The van der Waals surface area contributed by atoms with Gasteiger partial charge in [0.15, 0.2) is 0 Å². The molecule has 3 aromatic carbocycles. The van der Waals surface area contributed by atoms with Gasteiger partial charge in [0.25, 0.3) is 0 Å². The van der Waals surface area contributed by atoms with E-state index in [1.807, 2.05) is 30.3 Å². The van der Waals surface area contributed by atoms with E-state index in [0.717, 1.165) is 43.4 Å². The number of carboxylic acid groups (broad SMARTS) is 1. The van der Waals surface area contributed by atoms with E-state index in [9.17, 15) is 27.9 Å². The molecule has 6 nitrogen and oxygen atoms in total. The highest BCUT2D eigenvalue weighted by molar-refractivity contribution is 5.79. The fourth-order valence-electron chi connectivity index (χ4n) is 5.02. The number of hydrogen-bond donors (Lipinski definition) is 1. The lowest BCUT2D eigenvalue weighted by Crippen LogP contribution is -2.39. The molecule has 0 atom stereocenters. The van der Waals surface area contributed by atoms with Crippen LogP contribution in [-0.4, -0.2) is 35.2 Å². The second-order valence-electron chi connectivity index (χ2n) is 9.53. The average Bonchev–Trinajstić information content (AvgIpc) is 3.45. The van der Waals surface area contributed by atoms with Crippen LogP contribution in [0.1, 0.15) is 47.9 Å². The summed E-state index contributed by atoms with van der Waals surface area (Å²) in [6, 6.07) is 17.0. The molecule has 0 aliphatic heterocycles. The second kappa shape index (κ2) is 12.2. The van der Waals surface area contributed by atoms with Gasteiger partial charge in [-0.25, -0.2) is 4.79 Å². The van der Waals surface area contributed by atoms with Gasteiger partial charge in [-0.3, -0.25) is 4.79 Å². The van der Waals surface area contributed by atoms with Crippen LogP contribution in [0, 0.1) is 0 Å². The SMILES string of the molecule is COc1ccc(CC(=O)O)c(CN(C(=O)OCc2ccccc2)C2CCCC2)c1-c1ccc(C(F)(F)F)cc1. The van der Waals surface area contributed by atoms with Gasteiger partial charge in [-0.1, -0.05) is 61.4 Å². The van der Waals surface area contributed by atoms with Crippen LogP contribution in [0.4, 0.5) is 18.0 Å². The third-order valence-corrected chi connectivity index (χ3v) is 6.97. The molecule has 1 saturated carbocycles. The van der Waals surface area contributed by atoms with Gasteiger partial charge in [-0.05, 0) is 53.3 Å². The number of aliphatic carboxylic acids is 1. The Bertz CT molecular complexity index is 1290. The zero-order valence-corrected chi connectivity index (χ0v) is 21.5. The summed E-state index contributed by atoms with van der Waals surface area (Å²) >= 11 is 0. The van der Waals surface area contributed by atoms with Gasteiger partial charge in [-0.15, -0.1) is 0 Å². The van der Waals surface area contributed by atoms with Crippen LogP contribution < -0.4 is 4.74 Å². The second-order valence-corrected chi connectivity index (χ2v) is 9.53. The summed E-state index contributed by atoms with van der Waals surface area (Å²) in [4.78, 5) is 26.8. The summed E-state index contributed by atoms with van der Waals surface area (Å²) in [5, 5.41) is 9.61. The smallest absolute Gasteiger partial charge is 0.416 e. The third-order valence-electron chi connectivity index (χ3n) is 6.97. The molecule has 9 heteroatoms. The maximum Gasteiger partial charge on any atom is 0.416 e. The number of methoxy groups -OCH3 is 1. The highest BCUT2D eigenvalue weighted by Gasteiger charge is 2.32. The van der Waals surface area contributed by atoms with E-state index in [1.165, 1.54) is 19.2 Å².